The van der Waals surface area contributed by atoms with E-state index in [0.29, 0.717) is 22.6 Å². The lowest BCUT2D eigenvalue weighted by Crippen LogP contribution is -2.13. The van der Waals surface area contributed by atoms with Gasteiger partial charge < -0.3 is 10.6 Å². The number of amides is 2. The van der Waals surface area contributed by atoms with Gasteiger partial charge in [-0.1, -0.05) is 6.07 Å². The molecule has 0 spiro atoms. The monoisotopic (exact) mass is 258 g/mol. The van der Waals surface area contributed by atoms with Crippen molar-refractivity contribution in [3.8, 4) is 0 Å². The number of hydrogen-bond donors (Lipinski definition) is 3. The van der Waals surface area contributed by atoms with Crippen molar-refractivity contribution in [2.75, 3.05) is 10.6 Å². The molecular formula is C13H14N4O2. The van der Waals surface area contributed by atoms with E-state index in [1.807, 2.05) is 0 Å². The Kier molecular flexibility index (Phi) is 3.61. The Morgan fingerprint density at radius 3 is 2.47 bits per heavy atom. The molecule has 98 valence electrons. The fourth-order valence-electron chi connectivity index (χ4n) is 1.66. The molecule has 1 aromatic carbocycles. The van der Waals surface area contributed by atoms with Gasteiger partial charge in [0.25, 0.3) is 5.91 Å². The van der Waals surface area contributed by atoms with Crippen LogP contribution < -0.4 is 10.6 Å². The summed E-state index contributed by atoms with van der Waals surface area (Å²) in [5.74, 6) is -0.402. The van der Waals surface area contributed by atoms with E-state index in [2.05, 4.69) is 20.8 Å². The van der Waals surface area contributed by atoms with Crippen molar-refractivity contribution < 1.29 is 9.59 Å². The van der Waals surface area contributed by atoms with Crippen molar-refractivity contribution in [1.29, 1.82) is 0 Å². The summed E-state index contributed by atoms with van der Waals surface area (Å²) < 4.78 is 0. The third-order valence-electron chi connectivity index (χ3n) is 2.52. The second-order valence-corrected chi connectivity index (χ2v) is 4.12. The van der Waals surface area contributed by atoms with Crippen LogP contribution in [0.3, 0.4) is 0 Å². The Morgan fingerprint density at radius 2 is 1.89 bits per heavy atom. The zero-order chi connectivity index (χ0) is 13.8. The maximum Gasteiger partial charge on any atom is 0.259 e. The van der Waals surface area contributed by atoms with Crippen molar-refractivity contribution in [3.63, 3.8) is 0 Å². The van der Waals surface area contributed by atoms with Crippen LogP contribution in [0.25, 0.3) is 0 Å². The van der Waals surface area contributed by atoms with E-state index in [-0.39, 0.29) is 11.8 Å². The number of nitrogens with zero attached hydrogens (tertiary/aromatic N) is 1. The number of aromatic nitrogens is 2. The SMILES string of the molecule is CC(=O)Nc1cccc(NC(=O)c2cn[nH]c2C)c1. The average molecular weight is 258 g/mol. The van der Waals surface area contributed by atoms with E-state index in [1.54, 1.807) is 31.2 Å². The molecule has 0 fully saturated rings. The van der Waals surface area contributed by atoms with Crippen LogP contribution in [-0.4, -0.2) is 22.0 Å². The number of benzene rings is 1. The smallest absolute Gasteiger partial charge is 0.259 e. The molecule has 2 aromatic rings. The molecular weight excluding hydrogens is 244 g/mol. The minimum Gasteiger partial charge on any atom is -0.326 e. The van der Waals surface area contributed by atoms with Gasteiger partial charge in [-0.3, -0.25) is 14.7 Å². The van der Waals surface area contributed by atoms with Gasteiger partial charge in [0.05, 0.1) is 11.8 Å². The lowest BCUT2D eigenvalue weighted by atomic mass is 10.2. The van der Waals surface area contributed by atoms with E-state index >= 15 is 0 Å². The van der Waals surface area contributed by atoms with Gasteiger partial charge in [0.2, 0.25) is 5.91 Å². The number of nitrogens with one attached hydrogen (secondary N) is 3. The molecule has 0 aliphatic heterocycles. The number of anilines is 2. The molecule has 3 N–H and O–H groups in total. The van der Waals surface area contributed by atoms with Crippen LogP contribution >= 0.6 is 0 Å². The first-order valence-corrected chi connectivity index (χ1v) is 5.75. The van der Waals surface area contributed by atoms with Crippen LogP contribution in [0.15, 0.2) is 30.5 Å². The second kappa shape index (κ2) is 5.34. The molecule has 0 bridgehead atoms. The predicted molar refractivity (Wildman–Crippen MR) is 72.0 cm³/mol. The number of carbonyl (C=O) groups excluding carboxylic acids is 2. The Balaban J connectivity index is 2.13. The predicted octanol–water partition coefficient (Wildman–Crippen LogP) is 1.93. The molecule has 2 amide bonds. The van der Waals surface area contributed by atoms with Crippen LogP contribution in [0.5, 0.6) is 0 Å². The summed E-state index contributed by atoms with van der Waals surface area (Å²) >= 11 is 0. The number of rotatable bonds is 3. The number of aryl methyl sites for hydroxylation is 1. The number of aromatic amines is 1. The summed E-state index contributed by atoms with van der Waals surface area (Å²) in [6.07, 6.45) is 1.47. The highest BCUT2D eigenvalue weighted by Crippen LogP contribution is 2.16. The van der Waals surface area contributed by atoms with Crippen LogP contribution in [0.1, 0.15) is 23.0 Å². The van der Waals surface area contributed by atoms with Crippen molar-refractivity contribution in [2.45, 2.75) is 13.8 Å². The molecule has 6 nitrogen and oxygen atoms in total. The summed E-state index contributed by atoms with van der Waals surface area (Å²) in [5.41, 5.74) is 2.44. The Labute approximate surface area is 110 Å². The lowest BCUT2D eigenvalue weighted by Gasteiger charge is -2.07. The minimum atomic E-state index is -0.244. The molecule has 0 radical (unpaired) electrons. The van der Waals surface area contributed by atoms with Crippen LogP contribution in [0, 0.1) is 6.92 Å². The molecule has 0 aliphatic carbocycles. The highest BCUT2D eigenvalue weighted by Gasteiger charge is 2.11. The van der Waals surface area contributed by atoms with Gasteiger partial charge in [0, 0.05) is 24.0 Å². The Morgan fingerprint density at radius 1 is 1.21 bits per heavy atom. The lowest BCUT2D eigenvalue weighted by molar-refractivity contribution is -0.114. The van der Waals surface area contributed by atoms with E-state index in [4.69, 9.17) is 0 Å². The maximum atomic E-state index is 12.0. The van der Waals surface area contributed by atoms with Gasteiger partial charge in [0.15, 0.2) is 0 Å². The van der Waals surface area contributed by atoms with Crippen molar-refractivity contribution in [3.05, 3.63) is 41.7 Å². The standard InChI is InChI=1S/C13H14N4O2/c1-8-12(7-14-17-8)13(19)16-11-5-3-4-10(6-11)15-9(2)18/h3-7H,1-2H3,(H,14,17)(H,15,18)(H,16,19). The van der Waals surface area contributed by atoms with Crippen molar-refractivity contribution in [1.82, 2.24) is 10.2 Å². The first-order chi connectivity index (χ1) is 9.06. The molecule has 1 heterocycles. The second-order valence-electron chi connectivity index (χ2n) is 4.12. The normalized spacial score (nSPS) is 10.0. The fourth-order valence-corrected chi connectivity index (χ4v) is 1.66. The first kappa shape index (κ1) is 12.8. The molecule has 0 saturated carbocycles. The van der Waals surface area contributed by atoms with E-state index in [1.165, 1.54) is 13.1 Å². The molecule has 6 heteroatoms. The number of carbonyl (C=O) groups is 2. The highest BCUT2D eigenvalue weighted by molar-refractivity contribution is 6.05. The van der Waals surface area contributed by atoms with E-state index in [9.17, 15) is 9.59 Å². The number of hydrogen-bond acceptors (Lipinski definition) is 3. The topological polar surface area (TPSA) is 86.9 Å². The maximum absolute atomic E-state index is 12.0. The average Bonchev–Trinajstić information content (AvgIpc) is 2.75. The third kappa shape index (κ3) is 3.19. The molecule has 1 aromatic heterocycles. The summed E-state index contributed by atoms with van der Waals surface area (Å²) in [7, 11) is 0. The van der Waals surface area contributed by atoms with Gasteiger partial charge >= 0.3 is 0 Å². The molecule has 0 unspecified atom stereocenters. The van der Waals surface area contributed by atoms with Gasteiger partial charge in [-0.05, 0) is 25.1 Å². The molecule has 2 rings (SSSR count). The summed E-state index contributed by atoms with van der Waals surface area (Å²) in [6, 6.07) is 6.94. The highest BCUT2D eigenvalue weighted by atomic mass is 16.2. The quantitative estimate of drug-likeness (QED) is 0.786. The van der Waals surface area contributed by atoms with Crippen molar-refractivity contribution in [2.24, 2.45) is 0 Å². The minimum absolute atomic E-state index is 0.158. The van der Waals surface area contributed by atoms with E-state index < -0.39 is 0 Å². The fraction of sp³-hybridized carbons (Fsp3) is 0.154. The third-order valence-corrected chi connectivity index (χ3v) is 2.52. The number of H-pyrrole nitrogens is 1. The summed E-state index contributed by atoms with van der Waals surface area (Å²) in [5, 5.41) is 11.9. The summed E-state index contributed by atoms with van der Waals surface area (Å²) in [4.78, 5) is 22.9. The molecule has 19 heavy (non-hydrogen) atoms. The first-order valence-electron chi connectivity index (χ1n) is 5.75. The molecule has 0 atom stereocenters. The molecule has 0 saturated heterocycles. The zero-order valence-electron chi connectivity index (χ0n) is 10.7. The van der Waals surface area contributed by atoms with Gasteiger partial charge in [-0.15, -0.1) is 0 Å². The van der Waals surface area contributed by atoms with Gasteiger partial charge in [-0.25, -0.2) is 0 Å². The Bertz CT molecular complexity index is 619. The summed E-state index contributed by atoms with van der Waals surface area (Å²) in [6.45, 7) is 3.20. The van der Waals surface area contributed by atoms with Gasteiger partial charge in [0.1, 0.15) is 0 Å². The van der Waals surface area contributed by atoms with Crippen LogP contribution in [-0.2, 0) is 4.79 Å². The van der Waals surface area contributed by atoms with Crippen LogP contribution in [0.2, 0.25) is 0 Å². The Hall–Kier alpha value is -2.63. The zero-order valence-corrected chi connectivity index (χ0v) is 10.7. The van der Waals surface area contributed by atoms with E-state index in [0.717, 1.165) is 0 Å². The van der Waals surface area contributed by atoms with Gasteiger partial charge in [-0.2, -0.15) is 5.10 Å². The largest absolute Gasteiger partial charge is 0.326 e. The molecule has 0 aliphatic rings. The van der Waals surface area contributed by atoms with Crippen LogP contribution in [0.4, 0.5) is 11.4 Å². The van der Waals surface area contributed by atoms with Crippen molar-refractivity contribution >= 4 is 23.2 Å².